The molecule has 0 bridgehead atoms. The van der Waals surface area contributed by atoms with Crippen molar-refractivity contribution in [1.29, 1.82) is 0 Å². The highest BCUT2D eigenvalue weighted by Gasteiger charge is 2.35. The lowest BCUT2D eigenvalue weighted by Crippen LogP contribution is -2.43. The van der Waals surface area contributed by atoms with Gasteiger partial charge in [0.1, 0.15) is 11.8 Å². The molecule has 1 fully saturated rings. The SMILES string of the molecule is Cc1nnc(C2COCCN2C(=O)c2cc(C(C)(C)C)on2)o1. The van der Waals surface area contributed by atoms with Crippen molar-refractivity contribution in [2.75, 3.05) is 19.8 Å². The van der Waals surface area contributed by atoms with Crippen LogP contribution in [-0.2, 0) is 10.2 Å². The van der Waals surface area contributed by atoms with Gasteiger partial charge in [0.25, 0.3) is 5.91 Å². The van der Waals surface area contributed by atoms with E-state index in [1.165, 1.54) is 0 Å². The van der Waals surface area contributed by atoms with Crippen LogP contribution in [0.4, 0.5) is 0 Å². The summed E-state index contributed by atoms with van der Waals surface area (Å²) in [5.41, 5.74) is 0.0672. The van der Waals surface area contributed by atoms with Gasteiger partial charge in [-0.3, -0.25) is 4.79 Å². The molecule has 3 rings (SSSR count). The molecule has 1 aliphatic heterocycles. The van der Waals surface area contributed by atoms with Crippen molar-refractivity contribution >= 4 is 5.91 Å². The van der Waals surface area contributed by atoms with Gasteiger partial charge in [-0.05, 0) is 0 Å². The van der Waals surface area contributed by atoms with E-state index in [-0.39, 0.29) is 17.0 Å². The van der Waals surface area contributed by atoms with Gasteiger partial charge in [-0.2, -0.15) is 0 Å². The molecular formula is C15H20N4O4. The number of morpholine rings is 1. The molecule has 0 spiro atoms. The van der Waals surface area contributed by atoms with Crippen LogP contribution >= 0.6 is 0 Å². The van der Waals surface area contributed by atoms with Crippen LogP contribution in [-0.4, -0.2) is 45.9 Å². The standard InChI is InChI=1S/C15H20N4O4/c1-9-16-17-13(22-9)11-8-21-6-5-19(11)14(20)10-7-12(23-18-10)15(2,3)4/h7,11H,5-6,8H2,1-4H3. The van der Waals surface area contributed by atoms with E-state index in [1.807, 2.05) is 20.8 Å². The van der Waals surface area contributed by atoms with E-state index in [0.29, 0.717) is 37.3 Å². The Morgan fingerprint density at radius 3 is 2.74 bits per heavy atom. The van der Waals surface area contributed by atoms with Crippen LogP contribution in [0.2, 0.25) is 0 Å². The summed E-state index contributed by atoms with van der Waals surface area (Å²) in [6, 6.07) is 1.28. The van der Waals surface area contributed by atoms with E-state index in [2.05, 4.69) is 15.4 Å². The van der Waals surface area contributed by atoms with Gasteiger partial charge in [0.2, 0.25) is 11.8 Å². The van der Waals surface area contributed by atoms with Gasteiger partial charge in [0.15, 0.2) is 5.69 Å². The molecule has 8 heteroatoms. The Labute approximate surface area is 133 Å². The maximum atomic E-state index is 12.8. The largest absolute Gasteiger partial charge is 0.423 e. The van der Waals surface area contributed by atoms with Gasteiger partial charge >= 0.3 is 0 Å². The Balaban J connectivity index is 1.85. The Morgan fingerprint density at radius 2 is 2.13 bits per heavy atom. The molecule has 23 heavy (non-hydrogen) atoms. The normalized spacial score (nSPS) is 19.1. The molecule has 0 aliphatic carbocycles. The predicted molar refractivity (Wildman–Crippen MR) is 78.8 cm³/mol. The molecule has 2 aromatic heterocycles. The summed E-state index contributed by atoms with van der Waals surface area (Å²) in [6.45, 7) is 8.92. The molecule has 1 saturated heterocycles. The Kier molecular flexibility index (Phi) is 3.93. The number of aromatic nitrogens is 3. The molecule has 0 radical (unpaired) electrons. The summed E-state index contributed by atoms with van der Waals surface area (Å²) in [4.78, 5) is 14.4. The van der Waals surface area contributed by atoms with Crippen LogP contribution in [0, 0.1) is 6.92 Å². The number of ether oxygens (including phenoxy) is 1. The van der Waals surface area contributed by atoms with Gasteiger partial charge in [-0.1, -0.05) is 25.9 Å². The number of hydrogen-bond acceptors (Lipinski definition) is 7. The first-order valence-electron chi connectivity index (χ1n) is 7.52. The summed E-state index contributed by atoms with van der Waals surface area (Å²) < 4.78 is 16.2. The highest BCUT2D eigenvalue weighted by atomic mass is 16.5. The van der Waals surface area contributed by atoms with Crippen LogP contribution in [0.15, 0.2) is 15.0 Å². The van der Waals surface area contributed by atoms with Crippen LogP contribution < -0.4 is 0 Å². The summed E-state index contributed by atoms with van der Waals surface area (Å²) in [6.07, 6.45) is 0. The van der Waals surface area contributed by atoms with Gasteiger partial charge in [0, 0.05) is 24.9 Å². The Hall–Kier alpha value is -2.22. The first kappa shape index (κ1) is 15.7. The van der Waals surface area contributed by atoms with Crippen LogP contribution in [0.25, 0.3) is 0 Å². The maximum Gasteiger partial charge on any atom is 0.276 e. The summed E-state index contributed by atoms with van der Waals surface area (Å²) >= 11 is 0. The third-order valence-corrected chi connectivity index (χ3v) is 3.68. The molecule has 1 unspecified atom stereocenters. The van der Waals surface area contributed by atoms with Gasteiger partial charge in [-0.25, -0.2) is 0 Å². The summed E-state index contributed by atoms with van der Waals surface area (Å²) in [5, 5.41) is 11.7. The topological polar surface area (TPSA) is 94.5 Å². The minimum Gasteiger partial charge on any atom is -0.423 e. The lowest BCUT2D eigenvalue weighted by molar-refractivity contribution is -0.0111. The first-order valence-corrected chi connectivity index (χ1v) is 7.52. The highest BCUT2D eigenvalue weighted by Crippen LogP contribution is 2.27. The molecule has 1 amide bonds. The van der Waals surface area contributed by atoms with E-state index in [1.54, 1.807) is 17.9 Å². The molecule has 0 saturated carbocycles. The van der Waals surface area contributed by atoms with Crippen molar-refractivity contribution in [1.82, 2.24) is 20.3 Å². The fourth-order valence-corrected chi connectivity index (χ4v) is 2.37. The van der Waals surface area contributed by atoms with Crippen molar-refractivity contribution in [3.8, 4) is 0 Å². The molecule has 0 N–H and O–H groups in total. The second-order valence-electron chi connectivity index (χ2n) is 6.57. The number of carbonyl (C=O) groups excluding carboxylic acids is 1. The minimum absolute atomic E-state index is 0.209. The van der Waals surface area contributed by atoms with Crippen LogP contribution in [0.3, 0.4) is 0 Å². The Morgan fingerprint density at radius 1 is 1.35 bits per heavy atom. The average molecular weight is 320 g/mol. The lowest BCUT2D eigenvalue weighted by Gasteiger charge is -2.32. The van der Waals surface area contributed by atoms with E-state index < -0.39 is 6.04 Å². The predicted octanol–water partition coefficient (Wildman–Crippen LogP) is 1.88. The van der Waals surface area contributed by atoms with Gasteiger partial charge in [-0.15, -0.1) is 10.2 Å². The third-order valence-electron chi connectivity index (χ3n) is 3.68. The fourth-order valence-electron chi connectivity index (χ4n) is 2.37. The number of nitrogens with zero attached hydrogens (tertiary/aromatic N) is 4. The van der Waals surface area contributed by atoms with Crippen molar-refractivity contribution < 1.29 is 18.5 Å². The first-order chi connectivity index (χ1) is 10.9. The van der Waals surface area contributed by atoms with E-state index >= 15 is 0 Å². The van der Waals surface area contributed by atoms with E-state index in [4.69, 9.17) is 13.7 Å². The highest BCUT2D eigenvalue weighted by molar-refractivity contribution is 5.92. The van der Waals surface area contributed by atoms with Gasteiger partial charge < -0.3 is 18.6 Å². The second-order valence-corrected chi connectivity index (χ2v) is 6.57. The number of aryl methyl sites for hydroxylation is 1. The summed E-state index contributed by atoms with van der Waals surface area (Å²) in [7, 11) is 0. The molecular weight excluding hydrogens is 300 g/mol. The zero-order valence-corrected chi connectivity index (χ0v) is 13.7. The molecule has 1 atom stereocenters. The molecule has 2 aromatic rings. The lowest BCUT2D eigenvalue weighted by atomic mass is 9.93. The van der Waals surface area contributed by atoms with Crippen LogP contribution in [0.5, 0.6) is 0 Å². The average Bonchev–Trinajstić information content (AvgIpc) is 3.15. The second kappa shape index (κ2) is 5.77. The maximum absolute atomic E-state index is 12.8. The molecule has 0 aromatic carbocycles. The van der Waals surface area contributed by atoms with Crippen molar-refractivity contribution in [3.63, 3.8) is 0 Å². The van der Waals surface area contributed by atoms with E-state index in [9.17, 15) is 4.79 Å². The fraction of sp³-hybridized carbons (Fsp3) is 0.600. The van der Waals surface area contributed by atoms with Crippen molar-refractivity contribution in [2.45, 2.75) is 39.2 Å². The number of amides is 1. The zero-order valence-electron chi connectivity index (χ0n) is 13.7. The summed E-state index contributed by atoms with van der Waals surface area (Å²) in [5.74, 6) is 1.26. The van der Waals surface area contributed by atoms with Crippen molar-refractivity contribution in [2.24, 2.45) is 0 Å². The molecule has 124 valence electrons. The molecule has 1 aliphatic rings. The van der Waals surface area contributed by atoms with Crippen molar-refractivity contribution in [3.05, 3.63) is 29.3 Å². The quantitative estimate of drug-likeness (QED) is 0.833. The number of rotatable bonds is 2. The zero-order chi connectivity index (χ0) is 16.6. The van der Waals surface area contributed by atoms with Gasteiger partial charge in [0.05, 0.1) is 13.2 Å². The number of hydrogen-bond donors (Lipinski definition) is 0. The Bertz CT molecular complexity index is 700. The molecule has 3 heterocycles. The van der Waals surface area contributed by atoms with Crippen LogP contribution in [0.1, 0.15) is 54.8 Å². The molecule has 8 nitrogen and oxygen atoms in total. The number of carbonyl (C=O) groups is 1. The van der Waals surface area contributed by atoms with E-state index in [0.717, 1.165) is 0 Å². The third kappa shape index (κ3) is 3.12. The monoisotopic (exact) mass is 320 g/mol. The minimum atomic E-state index is -0.410. The smallest absolute Gasteiger partial charge is 0.276 e.